The molecule has 0 atom stereocenters. The molecule has 1 radical (unpaired) electrons. The number of nitrogens with zero attached hydrogens (tertiary/aromatic N) is 1. The van der Waals surface area contributed by atoms with Crippen LogP contribution in [0.3, 0.4) is 0 Å². The largest absolute Gasteiger partial charge is 0.371 e. The molecule has 1 heterocycles. The van der Waals surface area contributed by atoms with E-state index >= 15 is 0 Å². The maximum Gasteiger partial charge on any atom is 0.102 e. The Morgan fingerprint density at radius 2 is 0.627 bits per heavy atom. The molecule has 8 rings (SSSR count). The van der Waals surface area contributed by atoms with Gasteiger partial charge in [0.2, 0.25) is 0 Å². The summed E-state index contributed by atoms with van der Waals surface area (Å²) in [5.41, 5.74) is 1.26. The van der Waals surface area contributed by atoms with Gasteiger partial charge in [-0.15, -0.1) is 0 Å². The first-order valence-electron chi connectivity index (χ1n) is 17.6. The van der Waals surface area contributed by atoms with Gasteiger partial charge >= 0.3 is 0 Å². The second kappa shape index (κ2) is 21.3. The van der Waals surface area contributed by atoms with Crippen LogP contribution in [0.5, 0.6) is 0 Å². The Balaban J connectivity index is 0.000000176. The topological polar surface area (TPSA) is 3.24 Å². The minimum Gasteiger partial charge on any atom is -0.371 e. The molecule has 0 bridgehead atoms. The molecule has 0 unspecified atom stereocenters. The first-order chi connectivity index (χ1) is 24.9. The second-order valence-electron chi connectivity index (χ2n) is 12.2. The van der Waals surface area contributed by atoms with Crippen LogP contribution >= 0.6 is 15.8 Å². The van der Waals surface area contributed by atoms with E-state index in [1.807, 2.05) is 12.1 Å². The Morgan fingerprint density at radius 3 is 0.882 bits per heavy atom. The van der Waals surface area contributed by atoms with Crippen LogP contribution in [0.2, 0.25) is 0 Å². The molecule has 0 aromatic heterocycles. The number of para-hydroxylation sites is 1. The Bertz CT molecular complexity index is 1610. The summed E-state index contributed by atoms with van der Waals surface area (Å²) in [5, 5.41) is 8.61. The van der Waals surface area contributed by atoms with E-state index in [0.29, 0.717) is 0 Å². The quantitative estimate of drug-likeness (QED) is 0.115. The van der Waals surface area contributed by atoms with Crippen LogP contribution in [0.1, 0.15) is 20.7 Å². The molecule has 7 aromatic carbocycles. The predicted octanol–water partition coefficient (Wildman–Crippen LogP) is 9.07. The van der Waals surface area contributed by atoms with Gasteiger partial charge in [-0.25, -0.2) is 0 Å². The van der Waals surface area contributed by atoms with E-state index in [9.17, 15) is 0 Å². The van der Waals surface area contributed by atoms with Crippen molar-refractivity contribution in [1.29, 1.82) is 0 Å². The Morgan fingerprint density at radius 1 is 0.353 bits per heavy atom. The number of hydrogen-bond acceptors (Lipinski definition) is 1. The second-order valence-corrected chi connectivity index (χ2v) is 17.2. The summed E-state index contributed by atoms with van der Waals surface area (Å²) in [6.07, 6.45) is 4.06. The van der Waals surface area contributed by atoms with Gasteiger partial charge in [0.25, 0.3) is 0 Å². The van der Waals surface area contributed by atoms with E-state index in [1.165, 1.54) is 69.9 Å². The number of benzene rings is 7. The molecule has 1 saturated heterocycles. The van der Waals surface area contributed by atoms with Gasteiger partial charge in [0.1, 0.15) is 31.8 Å². The Hall–Kier alpha value is -4.14. The molecular formula is C47H48NP2Pd+2. The SMILES string of the molecule is [HH].[Pd].[c]1ccccc1N1CCCCC1.c1ccc([PH+](c2ccccc2)c2ccccc2)cc1.c1ccc([PH+](c2ccccc2)c2ccccc2)cc1. The van der Waals surface area contributed by atoms with Gasteiger partial charge < -0.3 is 4.90 Å². The predicted molar refractivity (Wildman–Crippen MR) is 227 cm³/mol. The first-order valence-corrected chi connectivity index (χ1v) is 20.6. The molecule has 1 aliphatic heterocycles. The van der Waals surface area contributed by atoms with Crippen LogP contribution in [0, 0.1) is 6.07 Å². The third-order valence-electron chi connectivity index (χ3n) is 8.76. The first kappa shape index (κ1) is 38.1. The fourth-order valence-electron chi connectivity index (χ4n) is 6.34. The van der Waals surface area contributed by atoms with Crippen molar-refractivity contribution in [1.82, 2.24) is 0 Å². The maximum absolute atomic E-state index is 3.26. The third kappa shape index (κ3) is 11.4. The summed E-state index contributed by atoms with van der Waals surface area (Å²) in [6.45, 7) is 2.42. The standard InChI is InChI=1S/2C18H15P.C11H14N.Pd.H2/c2*1-4-10-16(11-5-1)19(17-12-6-2-7-13-17)18-14-8-3-9-15-18;1-3-7-11(8-4-1)12-9-5-2-6-10-12;;/h2*1-15H;1,3-4,7H,2,5-6,9-10H2;;1H/p+2. The molecule has 0 aliphatic carbocycles. The molecule has 0 amide bonds. The van der Waals surface area contributed by atoms with E-state index in [-0.39, 0.29) is 21.8 Å². The molecule has 1 fully saturated rings. The molecule has 4 heteroatoms. The summed E-state index contributed by atoms with van der Waals surface area (Å²) in [5.74, 6) is 0. The van der Waals surface area contributed by atoms with E-state index in [1.54, 1.807) is 0 Å². The van der Waals surface area contributed by atoms with Gasteiger partial charge in [0, 0.05) is 46.7 Å². The van der Waals surface area contributed by atoms with Crippen LogP contribution in [0.25, 0.3) is 0 Å². The Labute approximate surface area is 323 Å². The van der Waals surface area contributed by atoms with Crippen molar-refractivity contribution < 1.29 is 21.8 Å². The summed E-state index contributed by atoms with van der Waals surface area (Å²) < 4.78 is 0. The average molecular weight is 795 g/mol. The monoisotopic (exact) mass is 794 g/mol. The summed E-state index contributed by atoms with van der Waals surface area (Å²) >= 11 is 0. The van der Waals surface area contributed by atoms with Crippen LogP contribution in [0.4, 0.5) is 5.69 Å². The minimum atomic E-state index is -0.877. The zero-order valence-corrected chi connectivity index (χ0v) is 32.5. The number of anilines is 1. The molecule has 259 valence electrons. The number of piperidine rings is 1. The Kier molecular flexibility index (Phi) is 15.9. The number of rotatable bonds is 7. The van der Waals surface area contributed by atoms with Crippen molar-refractivity contribution in [3.63, 3.8) is 0 Å². The van der Waals surface area contributed by atoms with Crippen molar-refractivity contribution >= 4 is 53.4 Å². The van der Waals surface area contributed by atoms with Crippen LogP contribution in [-0.2, 0) is 20.4 Å². The van der Waals surface area contributed by atoms with Crippen LogP contribution < -0.4 is 36.7 Å². The van der Waals surface area contributed by atoms with Crippen LogP contribution in [-0.4, -0.2) is 13.1 Å². The zero-order valence-electron chi connectivity index (χ0n) is 28.9. The van der Waals surface area contributed by atoms with Gasteiger partial charge in [0.15, 0.2) is 0 Å². The normalized spacial score (nSPS) is 12.1. The van der Waals surface area contributed by atoms with E-state index in [4.69, 9.17) is 0 Å². The fourth-order valence-corrected chi connectivity index (χ4v) is 11.5. The van der Waals surface area contributed by atoms with E-state index in [2.05, 4.69) is 205 Å². The smallest absolute Gasteiger partial charge is 0.102 e. The third-order valence-corrected chi connectivity index (χ3v) is 14.2. The summed E-state index contributed by atoms with van der Waals surface area (Å²) in [4.78, 5) is 2.42. The van der Waals surface area contributed by atoms with Crippen LogP contribution in [0.15, 0.2) is 206 Å². The zero-order chi connectivity index (χ0) is 34.1. The molecule has 7 aromatic rings. The van der Waals surface area contributed by atoms with Gasteiger partial charge in [0.05, 0.1) is 15.8 Å². The van der Waals surface area contributed by atoms with Gasteiger partial charge in [-0.05, 0) is 98.1 Å². The number of hydrogen-bond donors (Lipinski definition) is 0. The molecular weight excluding hydrogens is 747 g/mol. The molecule has 0 spiro atoms. The maximum atomic E-state index is 3.26. The molecule has 1 aliphatic rings. The minimum absolute atomic E-state index is 0. The van der Waals surface area contributed by atoms with E-state index < -0.39 is 15.8 Å². The molecule has 0 N–H and O–H groups in total. The van der Waals surface area contributed by atoms with Gasteiger partial charge in [-0.1, -0.05) is 127 Å². The van der Waals surface area contributed by atoms with Crippen molar-refractivity contribution in [2.45, 2.75) is 19.3 Å². The van der Waals surface area contributed by atoms with Crippen molar-refractivity contribution in [2.75, 3.05) is 18.0 Å². The summed E-state index contributed by atoms with van der Waals surface area (Å²) in [6, 6.07) is 76.5. The van der Waals surface area contributed by atoms with Crippen molar-refractivity contribution in [3.8, 4) is 0 Å². The average Bonchev–Trinajstić information content (AvgIpc) is 3.22. The van der Waals surface area contributed by atoms with E-state index in [0.717, 1.165) is 0 Å². The van der Waals surface area contributed by atoms with Crippen molar-refractivity contribution in [3.05, 3.63) is 212 Å². The molecule has 0 saturated carbocycles. The van der Waals surface area contributed by atoms with Gasteiger partial charge in [-0.3, -0.25) is 0 Å². The molecule has 51 heavy (non-hydrogen) atoms. The summed E-state index contributed by atoms with van der Waals surface area (Å²) in [7, 11) is -1.75. The molecule has 1 nitrogen and oxygen atoms in total. The van der Waals surface area contributed by atoms with Gasteiger partial charge in [-0.2, -0.15) is 0 Å². The fraction of sp³-hybridized carbons (Fsp3) is 0.106. The van der Waals surface area contributed by atoms with Crippen molar-refractivity contribution in [2.24, 2.45) is 0 Å².